The summed E-state index contributed by atoms with van der Waals surface area (Å²) in [5, 5.41) is 6.80. The summed E-state index contributed by atoms with van der Waals surface area (Å²) in [4.78, 5) is 2.49. The zero-order chi connectivity index (χ0) is 11.2. The molecule has 1 aliphatic heterocycles. The third-order valence-electron chi connectivity index (χ3n) is 2.81. The Morgan fingerprint density at radius 1 is 1.19 bits per heavy atom. The van der Waals surface area contributed by atoms with Gasteiger partial charge in [0.1, 0.15) is 0 Å². The van der Waals surface area contributed by atoms with E-state index in [4.69, 9.17) is 0 Å². The molecule has 0 aliphatic carbocycles. The maximum Gasteiger partial charge on any atom is 0.0341 e. The molecule has 3 nitrogen and oxygen atoms in total. The van der Waals surface area contributed by atoms with E-state index in [1.807, 2.05) is 0 Å². The average molecular weight is 284 g/mol. The summed E-state index contributed by atoms with van der Waals surface area (Å²) in [6.45, 7) is 6.72. The molecule has 88 valence electrons. The fraction of sp³-hybridized carbons (Fsp3) is 0.500. The molecule has 0 saturated carbocycles. The molecule has 0 bridgehead atoms. The molecule has 1 aliphatic rings. The Balaban J connectivity index is 1.69. The van der Waals surface area contributed by atoms with Gasteiger partial charge in [-0.25, -0.2) is 0 Å². The summed E-state index contributed by atoms with van der Waals surface area (Å²) in [7, 11) is 0. The normalized spacial score (nSPS) is 17.3. The molecule has 1 fully saturated rings. The topological polar surface area (TPSA) is 27.3 Å². The van der Waals surface area contributed by atoms with Gasteiger partial charge in [-0.2, -0.15) is 0 Å². The van der Waals surface area contributed by atoms with E-state index in [9.17, 15) is 0 Å². The molecule has 1 aromatic rings. The van der Waals surface area contributed by atoms with Gasteiger partial charge in [-0.15, -0.1) is 0 Å². The number of hydrogen-bond donors (Lipinski definition) is 2. The van der Waals surface area contributed by atoms with Crippen molar-refractivity contribution in [3.63, 3.8) is 0 Å². The van der Waals surface area contributed by atoms with Crippen molar-refractivity contribution in [2.45, 2.75) is 0 Å². The number of nitrogens with zero attached hydrogens (tertiary/aromatic N) is 1. The largest absolute Gasteiger partial charge is 0.384 e. The summed E-state index contributed by atoms with van der Waals surface area (Å²) in [6.07, 6.45) is 0. The van der Waals surface area contributed by atoms with Gasteiger partial charge in [0.2, 0.25) is 0 Å². The third-order valence-corrected chi connectivity index (χ3v) is 3.34. The van der Waals surface area contributed by atoms with Gasteiger partial charge in [-0.3, -0.25) is 4.90 Å². The van der Waals surface area contributed by atoms with Gasteiger partial charge in [-0.1, -0.05) is 15.9 Å². The van der Waals surface area contributed by atoms with Crippen LogP contribution in [0.4, 0.5) is 5.69 Å². The molecule has 1 saturated heterocycles. The first kappa shape index (κ1) is 11.9. The van der Waals surface area contributed by atoms with Crippen LogP contribution < -0.4 is 10.6 Å². The Bertz CT molecular complexity index is 307. The lowest BCUT2D eigenvalue weighted by molar-refractivity contribution is 0.249. The van der Waals surface area contributed by atoms with Gasteiger partial charge in [0, 0.05) is 49.4 Å². The molecule has 16 heavy (non-hydrogen) atoms. The molecule has 0 amide bonds. The fourth-order valence-corrected chi connectivity index (χ4v) is 2.13. The molecule has 1 heterocycles. The SMILES string of the molecule is Brc1ccc(NCCN2CCNCC2)cc1. The van der Waals surface area contributed by atoms with Gasteiger partial charge in [0.05, 0.1) is 0 Å². The third kappa shape index (κ3) is 3.77. The van der Waals surface area contributed by atoms with Crippen molar-refractivity contribution in [1.82, 2.24) is 10.2 Å². The van der Waals surface area contributed by atoms with Crippen LogP contribution in [0.1, 0.15) is 0 Å². The predicted octanol–water partition coefficient (Wildman–Crippen LogP) is 1.77. The van der Waals surface area contributed by atoms with E-state index in [-0.39, 0.29) is 0 Å². The van der Waals surface area contributed by atoms with E-state index in [0.29, 0.717) is 0 Å². The predicted molar refractivity (Wildman–Crippen MR) is 71.9 cm³/mol. The molecule has 0 spiro atoms. The highest BCUT2D eigenvalue weighted by molar-refractivity contribution is 9.10. The summed E-state index contributed by atoms with van der Waals surface area (Å²) < 4.78 is 1.13. The molecule has 2 rings (SSSR count). The zero-order valence-corrected chi connectivity index (χ0v) is 11.0. The van der Waals surface area contributed by atoms with E-state index >= 15 is 0 Å². The van der Waals surface area contributed by atoms with Crippen LogP contribution in [0.5, 0.6) is 0 Å². The number of rotatable bonds is 4. The maximum absolute atomic E-state index is 3.44. The number of benzene rings is 1. The van der Waals surface area contributed by atoms with Crippen LogP contribution >= 0.6 is 15.9 Å². The van der Waals surface area contributed by atoms with Crippen LogP contribution in [0.15, 0.2) is 28.7 Å². The van der Waals surface area contributed by atoms with Gasteiger partial charge in [-0.05, 0) is 24.3 Å². The first-order valence-corrected chi connectivity index (χ1v) is 6.56. The fourth-order valence-electron chi connectivity index (χ4n) is 1.86. The minimum Gasteiger partial charge on any atom is -0.384 e. The molecular weight excluding hydrogens is 266 g/mol. The summed E-state index contributed by atoms with van der Waals surface area (Å²) in [6, 6.07) is 8.32. The first-order valence-electron chi connectivity index (χ1n) is 5.77. The molecule has 2 N–H and O–H groups in total. The Hall–Kier alpha value is -0.580. The highest BCUT2D eigenvalue weighted by atomic mass is 79.9. The molecule has 0 unspecified atom stereocenters. The first-order chi connectivity index (χ1) is 7.84. The van der Waals surface area contributed by atoms with Crippen molar-refractivity contribution < 1.29 is 0 Å². The second kappa shape index (κ2) is 6.23. The number of halogens is 1. The average Bonchev–Trinajstić information content (AvgIpc) is 2.33. The van der Waals surface area contributed by atoms with Crippen LogP contribution in [-0.4, -0.2) is 44.2 Å². The quantitative estimate of drug-likeness (QED) is 0.882. The summed E-state index contributed by atoms with van der Waals surface area (Å²) in [5.41, 5.74) is 1.19. The van der Waals surface area contributed by atoms with Crippen molar-refractivity contribution >= 4 is 21.6 Å². The van der Waals surface area contributed by atoms with E-state index in [1.165, 1.54) is 18.8 Å². The Morgan fingerprint density at radius 3 is 2.56 bits per heavy atom. The number of piperazine rings is 1. The Kier molecular flexibility index (Phi) is 4.63. The smallest absolute Gasteiger partial charge is 0.0341 e. The second-order valence-corrected chi connectivity index (χ2v) is 4.94. The van der Waals surface area contributed by atoms with Gasteiger partial charge in [0.15, 0.2) is 0 Å². The van der Waals surface area contributed by atoms with Crippen LogP contribution in [0.2, 0.25) is 0 Å². The lowest BCUT2D eigenvalue weighted by atomic mass is 10.3. The number of nitrogens with one attached hydrogen (secondary N) is 2. The molecule has 1 aromatic carbocycles. The van der Waals surface area contributed by atoms with Gasteiger partial charge >= 0.3 is 0 Å². The Labute approximate surface area is 105 Å². The van der Waals surface area contributed by atoms with Gasteiger partial charge in [0.25, 0.3) is 0 Å². The van der Waals surface area contributed by atoms with E-state index in [2.05, 4.69) is 55.7 Å². The highest BCUT2D eigenvalue weighted by Gasteiger charge is 2.07. The minimum absolute atomic E-state index is 1.02. The monoisotopic (exact) mass is 283 g/mol. The second-order valence-electron chi connectivity index (χ2n) is 4.03. The highest BCUT2D eigenvalue weighted by Crippen LogP contribution is 2.13. The van der Waals surface area contributed by atoms with E-state index in [1.54, 1.807) is 0 Å². The van der Waals surface area contributed by atoms with Crippen molar-refractivity contribution in [2.75, 3.05) is 44.6 Å². The Morgan fingerprint density at radius 2 is 1.88 bits per heavy atom. The molecule has 0 radical (unpaired) electrons. The minimum atomic E-state index is 1.02. The van der Waals surface area contributed by atoms with Crippen molar-refractivity contribution in [3.8, 4) is 0 Å². The van der Waals surface area contributed by atoms with Gasteiger partial charge < -0.3 is 10.6 Å². The maximum atomic E-state index is 3.44. The molecule has 0 atom stereocenters. The molecular formula is C12H18BrN3. The van der Waals surface area contributed by atoms with E-state index < -0.39 is 0 Å². The van der Waals surface area contributed by atoms with Crippen molar-refractivity contribution in [3.05, 3.63) is 28.7 Å². The van der Waals surface area contributed by atoms with E-state index in [0.717, 1.165) is 30.7 Å². The molecule has 0 aromatic heterocycles. The van der Waals surface area contributed by atoms with Crippen LogP contribution in [0.25, 0.3) is 0 Å². The van der Waals surface area contributed by atoms with Crippen molar-refractivity contribution in [2.24, 2.45) is 0 Å². The van der Waals surface area contributed by atoms with Crippen molar-refractivity contribution in [1.29, 1.82) is 0 Å². The van der Waals surface area contributed by atoms with Crippen LogP contribution in [0, 0.1) is 0 Å². The van der Waals surface area contributed by atoms with Crippen LogP contribution in [0.3, 0.4) is 0 Å². The standard InChI is InChI=1S/C12H18BrN3/c13-11-1-3-12(4-2-11)15-7-10-16-8-5-14-6-9-16/h1-4,14-15H,5-10H2. The number of hydrogen-bond acceptors (Lipinski definition) is 3. The lowest BCUT2D eigenvalue weighted by Gasteiger charge is -2.27. The molecule has 4 heteroatoms. The zero-order valence-electron chi connectivity index (χ0n) is 9.38. The lowest BCUT2D eigenvalue weighted by Crippen LogP contribution is -2.45. The number of anilines is 1. The summed E-state index contributed by atoms with van der Waals surface area (Å²) in [5.74, 6) is 0. The summed E-state index contributed by atoms with van der Waals surface area (Å²) >= 11 is 3.43. The van der Waals surface area contributed by atoms with Crippen LogP contribution in [-0.2, 0) is 0 Å².